The standard InChI is InChI=1S/C14H19NO2/c1-9(2)7-10-3-5-11(6-4-10)13-8-12(15)14(16)17-13/h3-6,9,12-13H,7-8,15H2,1-2H3. The second kappa shape index (κ2) is 4.88. The number of cyclic esters (lactones) is 1. The first-order valence-electron chi connectivity index (χ1n) is 6.11. The van der Waals surface area contributed by atoms with Crippen molar-refractivity contribution in [2.24, 2.45) is 11.7 Å². The van der Waals surface area contributed by atoms with Crippen molar-refractivity contribution in [3.8, 4) is 0 Å². The van der Waals surface area contributed by atoms with Crippen LogP contribution in [0.4, 0.5) is 0 Å². The van der Waals surface area contributed by atoms with Crippen LogP contribution in [0.5, 0.6) is 0 Å². The first-order chi connectivity index (χ1) is 8.06. The number of esters is 1. The van der Waals surface area contributed by atoms with Crippen LogP contribution in [0.1, 0.15) is 37.5 Å². The molecule has 3 nitrogen and oxygen atoms in total. The molecule has 3 heteroatoms. The number of hydrogen-bond acceptors (Lipinski definition) is 3. The van der Waals surface area contributed by atoms with Gasteiger partial charge in [0.15, 0.2) is 0 Å². The van der Waals surface area contributed by atoms with E-state index in [4.69, 9.17) is 10.5 Å². The summed E-state index contributed by atoms with van der Waals surface area (Å²) in [6, 6.07) is 7.82. The van der Waals surface area contributed by atoms with E-state index in [0.717, 1.165) is 12.0 Å². The summed E-state index contributed by atoms with van der Waals surface area (Å²) in [5, 5.41) is 0. The fourth-order valence-corrected chi connectivity index (χ4v) is 2.15. The van der Waals surface area contributed by atoms with Crippen molar-refractivity contribution in [3.05, 3.63) is 35.4 Å². The van der Waals surface area contributed by atoms with Crippen LogP contribution < -0.4 is 5.73 Å². The molecule has 0 aromatic heterocycles. The SMILES string of the molecule is CC(C)Cc1ccc(C2CC(N)C(=O)O2)cc1. The molecule has 2 rings (SSSR count). The fraction of sp³-hybridized carbons (Fsp3) is 0.500. The highest BCUT2D eigenvalue weighted by atomic mass is 16.6. The number of rotatable bonds is 3. The fourth-order valence-electron chi connectivity index (χ4n) is 2.15. The molecule has 2 unspecified atom stereocenters. The molecule has 1 heterocycles. The summed E-state index contributed by atoms with van der Waals surface area (Å²) in [4.78, 5) is 11.2. The topological polar surface area (TPSA) is 52.3 Å². The predicted octanol–water partition coefficient (Wildman–Crippen LogP) is 2.20. The lowest BCUT2D eigenvalue weighted by atomic mass is 9.99. The molecule has 0 amide bonds. The van der Waals surface area contributed by atoms with Crippen molar-refractivity contribution in [2.45, 2.75) is 38.8 Å². The summed E-state index contributed by atoms with van der Waals surface area (Å²) in [5.74, 6) is 0.361. The number of ether oxygens (including phenoxy) is 1. The Hall–Kier alpha value is -1.35. The van der Waals surface area contributed by atoms with Crippen LogP contribution in [0.2, 0.25) is 0 Å². The molecule has 0 radical (unpaired) electrons. The third-order valence-electron chi connectivity index (χ3n) is 3.02. The average molecular weight is 233 g/mol. The van der Waals surface area contributed by atoms with Gasteiger partial charge in [-0.1, -0.05) is 38.1 Å². The summed E-state index contributed by atoms with van der Waals surface area (Å²) in [6.45, 7) is 4.40. The van der Waals surface area contributed by atoms with Gasteiger partial charge in [0.05, 0.1) is 0 Å². The van der Waals surface area contributed by atoms with E-state index in [1.165, 1.54) is 5.56 Å². The summed E-state index contributed by atoms with van der Waals surface area (Å²) in [6.07, 6.45) is 1.50. The van der Waals surface area contributed by atoms with E-state index in [9.17, 15) is 4.79 Å². The van der Waals surface area contributed by atoms with E-state index in [2.05, 4.69) is 26.0 Å². The Morgan fingerprint density at radius 2 is 2.00 bits per heavy atom. The Kier molecular flexibility index (Phi) is 3.48. The van der Waals surface area contributed by atoms with E-state index >= 15 is 0 Å². The van der Waals surface area contributed by atoms with E-state index in [1.54, 1.807) is 0 Å². The minimum absolute atomic E-state index is 0.161. The number of benzene rings is 1. The summed E-state index contributed by atoms with van der Waals surface area (Å²) >= 11 is 0. The lowest BCUT2D eigenvalue weighted by molar-refractivity contribution is -0.142. The summed E-state index contributed by atoms with van der Waals surface area (Å²) < 4.78 is 5.22. The van der Waals surface area contributed by atoms with E-state index in [1.807, 2.05) is 12.1 Å². The molecule has 1 aromatic rings. The lowest BCUT2D eigenvalue weighted by Crippen LogP contribution is -2.24. The lowest BCUT2D eigenvalue weighted by Gasteiger charge is -2.10. The Morgan fingerprint density at radius 3 is 2.47 bits per heavy atom. The van der Waals surface area contributed by atoms with Gasteiger partial charge in [-0.25, -0.2) is 0 Å². The van der Waals surface area contributed by atoms with Gasteiger partial charge in [0.2, 0.25) is 0 Å². The third-order valence-corrected chi connectivity index (χ3v) is 3.02. The van der Waals surface area contributed by atoms with Crippen LogP contribution >= 0.6 is 0 Å². The molecule has 1 fully saturated rings. The van der Waals surface area contributed by atoms with Crippen LogP contribution in [0.3, 0.4) is 0 Å². The van der Waals surface area contributed by atoms with Gasteiger partial charge in [-0.15, -0.1) is 0 Å². The highest BCUT2D eigenvalue weighted by molar-refractivity contribution is 5.77. The Labute approximate surface area is 102 Å². The van der Waals surface area contributed by atoms with Crippen LogP contribution in [0, 0.1) is 5.92 Å². The Balaban J connectivity index is 2.06. The number of carbonyl (C=O) groups excluding carboxylic acids is 1. The Bertz CT molecular complexity index is 397. The second-order valence-corrected chi connectivity index (χ2v) is 5.11. The zero-order chi connectivity index (χ0) is 12.4. The predicted molar refractivity (Wildman–Crippen MR) is 66.4 cm³/mol. The summed E-state index contributed by atoms with van der Waals surface area (Å²) in [5.41, 5.74) is 7.98. The largest absolute Gasteiger partial charge is 0.456 e. The average Bonchev–Trinajstić information content (AvgIpc) is 2.59. The van der Waals surface area contributed by atoms with Crippen molar-refractivity contribution in [3.63, 3.8) is 0 Å². The van der Waals surface area contributed by atoms with Gasteiger partial charge in [0.25, 0.3) is 0 Å². The van der Waals surface area contributed by atoms with Gasteiger partial charge in [-0.3, -0.25) is 4.79 Å². The third kappa shape index (κ3) is 2.86. The zero-order valence-corrected chi connectivity index (χ0v) is 10.3. The van der Waals surface area contributed by atoms with Crippen molar-refractivity contribution < 1.29 is 9.53 Å². The second-order valence-electron chi connectivity index (χ2n) is 5.11. The highest BCUT2D eigenvalue weighted by Gasteiger charge is 2.32. The molecule has 2 atom stereocenters. The summed E-state index contributed by atoms with van der Waals surface area (Å²) in [7, 11) is 0. The minimum Gasteiger partial charge on any atom is -0.456 e. The molecule has 0 aliphatic carbocycles. The van der Waals surface area contributed by atoms with Crippen molar-refractivity contribution in [1.29, 1.82) is 0 Å². The molecular weight excluding hydrogens is 214 g/mol. The molecule has 17 heavy (non-hydrogen) atoms. The molecule has 0 saturated carbocycles. The maximum atomic E-state index is 11.2. The van der Waals surface area contributed by atoms with Crippen LogP contribution in [-0.4, -0.2) is 12.0 Å². The van der Waals surface area contributed by atoms with Gasteiger partial charge >= 0.3 is 5.97 Å². The minimum atomic E-state index is -0.463. The number of carbonyl (C=O) groups is 1. The smallest absolute Gasteiger partial charge is 0.323 e. The molecule has 0 bridgehead atoms. The maximum Gasteiger partial charge on any atom is 0.323 e. The van der Waals surface area contributed by atoms with Crippen molar-refractivity contribution >= 4 is 5.97 Å². The first-order valence-corrected chi connectivity index (χ1v) is 6.11. The van der Waals surface area contributed by atoms with Gasteiger partial charge in [0, 0.05) is 6.42 Å². The highest BCUT2D eigenvalue weighted by Crippen LogP contribution is 2.29. The molecule has 0 spiro atoms. The maximum absolute atomic E-state index is 11.2. The molecular formula is C14H19NO2. The van der Waals surface area contributed by atoms with Crippen LogP contribution in [0.15, 0.2) is 24.3 Å². The Morgan fingerprint density at radius 1 is 1.35 bits per heavy atom. The number of hydrogen-bond donors (Lipinski definition) is 1. The zero-order valence-electron chi connectivity index (χ0n) is 10.3. The van der Waals surface area contributed by atoms with E-state index in [0.29, 0.717) is 12.3 Å². The first kappa shape index (κ1) is 12.1. The quantitative estimate of drug-likeness (QED) is 0.814. The normalized spacial score (nSPS) is 24.1. The van der Waals surface area contributed by atoms with Gasteiger partial charge < -0.3 is 10.5 Å². The van der Waals surface area contributed by atoms with E-state index in [-0.39, 0.29) is 12.1 Å². The molecule has 1 aliphatic rings. The van der Waals surface area contributed by atoms with Crippen LogP contribution in [0.25, 0.3) is 0 Å². The number of nitrogens with two attached hydrogens (primary N) is 1. The van der Waals surface area contributed by atoms with Gasteiger partial charge in [-0.05, 0) is 23.5 Å². The molecule has 2 N–H and O–H groups in total. The monoisotopic (exact) mass is 233 g/mol. The molecule has 1 saturated heterocycles. The molecule has 92 valence electrons. The van der Waals surface area contributed by atoms with Gasteiger partial charge in [0.1, 0.15) is 12.1 Å². The van der Waals surface area contributed by atoms with Crippen LogP contribution in [-0.2, 0) is 16.0 Å². The molecule has 1 aliphatic heterocycles. The van der Waals surface area contributed by atoms with Crippen molar-refractivity contribution in [2.75, 3.05) is 0 Å². The van der Waals surface area contributed by atoms with Crippen molar-refractivity contribution in [1.82, 2.24) is 0 Å². The molecule has 1 aromatic carbocycles. The van der Waals surface area contributed by atoms with E-state index < -0.39 is 6.04 Å². The van der Waals surface area contributed by atoms with Gasteiger partial charge in [-0.2, -0.15) is 0 Å².